The normalized spacial score (nSPS) is 11.0. The molecule has 2 amide bonds. The number of nitrogens with one attached hydrogen (secondary N) is 2. The highest BCUT2D eigenvalue weighted by molar-refractivity contribution is 5.94. The van der Waals surface area contributed by atoms with Gasteiger partial charge in [0.1, 0.15) is 12.1 Å². The molecule has 2 rings (SSSR count). The molecule has 0 aliphatic heterocycles. The molecule has 7 nitrogen and oxygen atoms in total. The number of halogens is 3. The smallest absolute Gasteiger partial charge is 0.345 e. The molecular weight excluding hydrogens is 341 g/mol. The SMILES string of the molecule is O=C(Cn1cccc(C(F)(F)F)c1=O)NCC(=O)Nc1cccnc1. The molecule has 0 saturated carbocycles. The molecule has 0 aliphatic rings. The lowest BCUT2D eigenvalue weighted by molar-refractivity contribution is -0.139. The summed E-state index contributed by atoms with van der Waals surface area (Å²) in [6, 6.07) is 4.86. The van der Waals surface area contributed by atoms with E-state index in [-0.39, 0.29) is 0 Å². The average Bonchev–Trinajstić information content (AvgIpc) is 2.55. The third-order valence-electron chi connectivity index (χ3n) is 3.03. The lowest BCUT2D eigenvalue weighted by atomic mass is 10.2. The molecule has 2 heterocycles. The monoisotopic (exact) mass is 354 g/mol. The summed E-state index contributed by atoms with van der Waals surface area (Å²) in [7, 11) is 0. The van der Waals surface area contributed by atoms with Gasteiger partial charge >= 0.3 is 6.18 Å². The molecule has 0 radical (unpaired) electrons. The molecule has 0 aromatic carbocycles. The van der Waals surface area contributed by atoms with Crippen LogP contribution in [0.5, 0.6) is 0 Å². The molecule has 2 N–H and O–H groups in total. The first-order chi connectivity index (χ1) is 11.8. The van der Waals surface area contributed by atoms with Crippen molar-refractivity contribution in [1.29, 1.82) is 0 Å². The Labute approximate surface area is 139 Å². The Kier molecular flexibility index (Phi) is 5.52. The lowest BCUT2D eigenvalue weighted by Gasteiger charge is -2.10. The Morgan fingerprint density at radius 1 is 1.16 bits per heavy atom. The van der Waals surface area contributed by atoms with Gasteiger partial charge in [0.05, 0.1) is 18.4 Å². The van der Waals surface area contributed by atoms with E-state index < -0.39 is 42.2 Å². The summed E-state index contributed by atoms with van der Waals surface area (Å²) in [5.74, 6) is -1.32. The quantitative estimate of drug-likeness (QED) is 0.838. The van der Waals surface area contributed by atoms with E-state index in [9.17, 15) is 27.6 Å². The number of nitrogens with zero attached hydrogens (tertiary/aromatic N) is 2. The minimum Gasteiger partial charge on any atom is -0.345 e. The molecule has 0 atom stereocenters. The summed E-state index contributed by atoms with van der Waals surface area (Å²) in [5.41, 5.74) is -2.27. The van der Waals surface area contributed by atoms with E-state index in [0.29, 0.717) is 16.3 Å². The van der Waals surface area contributed by atoms with Crippen LogP contribution >= 0.6 is 0 Å². The van der Waals surface area contributed by atoms with Gasteiger partial charge in [0.2, 0.25) is 11.8 Å². The van der Waals surface area contributed by atoms with E-state index in [1.165, 1.54) is 12.4 Å². The van der Waals surface area contributed by atoms with Gasteiger partial charge in [0, 0.05) is 12.4 Å². The van der Waals surface area contributed by atoms with E-state index in [2.05, 4.69) is 15.6 Å². The van der Waals surface area contributed by atoms with Gasteiger partial charge in [-0.1, -0.05) is 0 Å². The third-order valence-corrected chi connectivity index (χ3v) is 3.03. The maximum Gasteiger partial charge on any atom is 0.421 e. The van der Waals surface area contributed by atoms with Crippen LogP contribution in [0.25, 0.3) is 0 Å². The number of carbonyl (C=O) groups excluding carboxylic acids is 2. The number of pyridine rings is 2. The lowest BCUT2D eigenvalue weighted by Crippen LogP contribution is -2.38. The van der Waals surface area contributed by atoms with Crippen molar-refractivity contribution in [3.05, 3.63) is 58.8 Å². The van der Waals surface area contributed by atoms with Gasteiger partial charge in [0.25, 0.3) is 5.56 Å². The topological polar surface area (TPSA) is 93.1 Å². The summed E-state index contributed by atoms with van der Waals surface area (Å²) in [6.45, 7) is -1.04. The van der Waals surface area contributed by atoms with Crippen molar-refractivity contribution in [2.24, 2.45) is 0 Å². The van der Waals surface area contributed by atoms with Gasteiger partial charge in [-0.05, 0) is 24.3 Å². The van der Waals surface area contributed by atoms with Gasteiger partial charge in [-0.15, -0.1) is 0 Å². The first-order valence-electron chi connectivity index (χ1n) is 7.00. The van der Waals surface area contributed by atoms with Gasteiger partial charge in [-0.2, -0.15) is 13.2 Å². The Morgan fingerprint density at radius 2 is 1.92 bits per heavy atom. The van der Waals surface area contributed by atoms with Crippen LogP contribution in [0.1, 0.15) is 5.56 Å². The molecule has 0 fully saturated rings. The maximum atomic E-state index is 12.7. The van der Waals surface area contributed by atoms with Crippen LogP contribution in [0.4, 0.5) is 18.9 Å². The summed E-state index contributed by atoms with van der Waals surface area (Å²) in [6.07, 6.45) is -0.820. The van der Waals surface area contributed by atoms with Crippen LogP contribution in [0.15, 0.2) is 47.7 Å². The predicted molar refractivity (Wildman–Crippen MR) is 81.6 cm³/mol. The number of hydrogen-bond donors (Lipinski definition) is 2. The molecule has 0 saturated heterocycles. The van der Waals surface area contributed by atoms with Crippen molar-refractivity contribution < 1.29 is 22.8 Å². The van der Waals surface area contributed by atoms with Crippen LogP contribution in [0, 0.1) is 0 Å². The van der Waals surface area contributed by atoms with E-state index >= 15 is 0 Å². The predicted octanol–water partition coefficient (Wildman–Crippen LogP) is 1.02. The Bertz CT molecular complexity index is 819. The van der Waals surface area contributed by atoms with Crippen LogP contribution < -0.4 is 16.2 Å². The molecule has 10 heteroatoms. The number of rotatable bonds is 5. The van der Waals surface area contributed by atoms with Crippen LogP contribution in [-0.4, -0.2) is 27.9 Å². The third kappa shape index (κ3) is 5.16. The summed E-state index contributed by atoms with van der Waals surface area (Å²) in [5, 5.41) is 4.69. The summed E-state index contributed by atoms with van der Waals surface area (Å²) >= 11 is 0. The second-order valence-electron chi connectivity index (χ2n) is 4.92. The van der Waals surface area contributed by atoms with Crippen molar-refractivity contribution >= 4 is 17.5 Å². The standard InChI is InChI=1S/C15H13F3N4O3/c16-15(17,18)11-4-2-6-22(14(11)25)9-13(24)20-8-12(23)21-10-3-1-5-19-7-10/h1-7H,8-9H2,(H,20,24)(H,21,23). The molecule has 0 spiro atoms. The number of amides is 2. The number of aromatic nitrogens is 2. The fourth-order valence-corrected chi connectivity index (χ4v) is 1.91. The highest BCUT2D eigenvalue weighted by atomic mass is 19.4. The Balaban J connectivity index is 1.93. The number of carbonyl (C=O) groups is 2. The number of anilines is 1. The zero-order valence-corrected chi connectivity index (χ0v) is 12.7. The van der Waals surface area contributed by atoms with Crippen molar-refractivity contribution in [2.75, 3.05) is 11.9 Å². The molecular formula is C15H13F3N4O3. The summed E-state index contributed by atoms with van der Waals surface area (Å²) < 4.78 is 38.6. The largest absolute Gasteiger partial charge is 0.421 e. The zero-order chi connectivity index (χ0) is 18.4. The molecule has 2 aromatic rings. The Morgan fingerprint density at radius 3 is 2.56 bits per heavy atom. The van der Waals surface area contributed by atoms with Crippen molar-refractivity contribution in [3.63, 3.8) is 0 Å². The second-order valence-corrected chi connectivity index (χ2v) is 4.92. The molecule has 2 aromatic heterocycles. The van der Waals surface area contributed by atoms with Crippen molar-refractivity contribution in [2.45, 2.75) is 12.7 Å². The summed E-state index contributed by atoms with van der Waals surface area (Å²) in [4.78, 5) is 38.9. The van der Waals surface area contributed by atoms with Gasteiger partial charge < -0.3 is 15.2 Å². The molecule has 0 unspecified atom stereocenters. The highest BCUT2D eigenvalue weighted by Gasteiger charge is 2.34. The fourth-order valence-electron chi connectivity index (χ4n) is 1.91. The molecule has 0 bridgehead atoms. The molecule has 132 valence electrons. The van der Waals surface area contributed by atoms with Crippen molar-refractivity contribution in [3.8, 4) is 0 Å². The second kappa shape index (κ2) is 7.60. The highest BCUT2D eigenvalue weighted by Crippen LogP contribution is 2.25. The maximum absolute atomic E-state index is 12.7. The number of hydrogen-bond acceptors (Lipinski definition) is 4. The first-order valence-corrected chi connectivity index (χ1v) is 7.00. The van der Waals surface area contributed by atoms with Gasteiger partial charge in [-0.25, -0.2) is 0 Å². The van der Waals surface area contributed by atoms with E-state index in [4.69, 9.17) is 0 Å². The fraction of sp³-hybridized carbons (Fsp3) is 0.200. The first kappa shape index (κ1) is 18.2. The van der Waals surface area contributed by atoms with Crippen LogP contribution in [-0.2, 0) is 22.3 Å². The molecule has 0 aliphatic carbocycles. The molecule has 25 heavy (non-hydrogen) atoms. The minimum absolute atomic E-state index is 0.401. The van der Waals surface area contributed by atoms with Crippen LogP contribution in [0.3, 0.4) is 0 Å². The Hall–Kier alpha value is -3.17. The van der Waals surface area contributed by atoms with E-state index in [1.54, 1.807) is 12.1 Å². The van der Waals surface area contributed by atoms with Gasteiger partial charge in [-0.3, -0.25) is 19.4 Å². The van der Waals surface area contributed by atoms with E-state index in [1.807, 2.05) is 0 Å². The van der Waals surface area contributed by atoms with Crippen molar-refractivity contribution in [1.82, 2.24) is 14.9 Å². The zero-order valence-electron chi connectivity index (χ0n) is 12.7. The average molecular weight is 354 g/mol. The van der Waals surface area contributed by atoms with Gasteiger partial charge in [0.15, 0.2) is 0 Å². The number of alkyl halides is 3. The van der Waals surface area contributed by atoms with Crippen LogP contribution in [0.2, 0.25) is 0 Å². The minimum atomic E-state index is -4.81. The van der Waals surface area contributed by atoms with E-state index in [0.717, 1.165) is 12.3 Å².